The monoisotopic (exact) mass is 358 g/mol. The molecule has 2 N–H and O–H groups in total. The largest absolute Gasteiger partial charge is 0.485 e. The smallest absolute Gasteiger partial charge is 0.356 e. The van der Waals surface area contributed by atoms with Gasteiger partial charge in [0, 0.05) is 0 Å². The van der Waals surface area contributed by atoms with E-state index in [1.54, 1.807) is 18.2 Å². The summed E-state index contributed by atoms with van der Waals surface area (Å²) in [6, 6.07) is 15.2. The molecule has 0 bridgehead atoms. The van der Waals surface area contributed by atoms with Crippen molar-refractivity contribution in [2.45, 2.75) is 6.42 Å². The molecule has 0 spiro atoms. The first kappa shape index (κ1) is 17.0. The van der Waals surface area contributed by atoms with E-state index in [0.717, 1.165) is 23.3 Å². The maximum atomic E-state index is 11.6. The number of ether oxygens (including phenoxy) is 1. The Morgan fingerprint density at radius 1 is 1.11 bits per heavy atom. The number of nitrogens with two attached hydrogens (primary N) is 1. The second-order valence-corrected chi connectivity index (χ2v) is 6.22. The zero-order valence-corrected chi connectivity index (χ0v) is 14.6. The maximum absolute atomic E-state index is 11.6. The molecule has 2 aliphatic rings. The third-order valence-corrected chi connectivity index (χ3v) is 4.50. The second-order valence-electron chi connectivity index (χ2n) is 6.22. The molecule has 0 amide bonds. The van der Waals surface area contributed by atoms with E-state index in [-0.39, 0.29) is 0 Å². The number of fused-ring (bicyclic) bond motifs is 1. The summed E-state index contributed by atoms with van der Waals surface area (Å²) in [6.07, 6.45) is 9.17. The van der Waals surface area contributed by atoms with E-state index in [0.29, 0.717) is 23.6 Å². The summed E-state index contributed by atoms with van der Waals surface area (Å²) in [4.78, 5) is 20.6. The minimum absolute atomic E-state index is 0.339. The van der Waals surface area contributed by atoms with E-state index >= 15 is 0 Å². The van der Waals surface area contributed by atoms with E-state index in [4.69, 9.17) is 15.6 Å². The molecule has 0 saturated carbocycles. The Kier molecular flexibility index (Phi) is 4.68. The molecule has 1 heterocycles. The zero-order valence-electron chi connectivity index (χ0n) is 14.6. The Hall–Kier alpha value is -3.44. The Bertz CT molecular complexity index is 1000. The van der Waals surface area contributed by atoms with Crippen molar-refractivity contribution in [2.75, 3.05) is 6.61 Å². The SMILES string of the molecule is NOC(=O)c1ccc2c(c1)N=C(C1=CC=C(c3ccccc3)C=CC1)CO2. The quantitative estimate of drug-likeness (QED) is 0.837. The van der Waals surface area contributed by atoms with Crippen molar-refractivity contribution in [1.82, 2.24) is 0 Å². The Morgan fingerprint density at radius 3 is 2.78 bits per heavy atom. The van der Waals surface area contributed by atoms with Crippen LogP contribution in [0.5, 0.6) is 5.75 Å². The summed E-state index contributed by atoms with van der Waals surface area (Å²) >= 11 is 0. The molecule has 0 radical (unpaired) electrons. The van der Waals surface area contributed by atoms with Gasteiger partial charge >= 0.3 is 5.97 Å². The number of hydrogen-bond donors (Lipinski definition) is 1. The summed E-state index contributed by atoms with van der Waals surface area (Å²) in [5, 5.41) is 0. The second kappa shape index (κ2) is 7.43. The van der Waals surface area contributed by atoms with Crippen LogP contribution in [0.3, 0.4) is 0 Å². The summed E-state index contributed by atoms with van der Waals surface area (Å²) in [7, 11) is 0. The summed E-state index contributed by atoms with van der Waals surface area (Å²) in [5.74, 6) is 5.00. The molecular formula is C22H18N2O3. The van der Waals surface area contributed by atoms with Gasteiger partial charge in [-0.25, -0.2) is 9.79 Å². The molecule has 2 aromatic carbocycles. The van der Waals surface area contributed by atoms with Gasteiger partial charge < -0.3 is 9.57 Å². The van der Waals surface area contributed by atoms with Crippen LogP contribution in [0.2, 0.25) is 0 Å². The average Bonchev–Trinajstić information content (AvgIpc) is 2.99. The van der Waals surface area contributed by atoms with Crippen LogP contribution >= 0.6 is 0 Å². The molecule has 0 unspecified atom stereocenters. The van der Waals surface area contributed by atoms with Crippen LogP contribution in [0.25, 0.3) is 5.57 Å². The van der Waals surface area contributed by atoms with Crippen LogP contribution in [-0.4, -0.2) is 18.3 Å². The number of carbonyl (C=O) groups is 1. The lowest BCUT2D eigenvalue weighted by molar-refractivity contribution is 0.0503. The van der Waals surface area contributed by atoms with Gasteiger partial charge in [-0.1, -0.05) is 54.6 Å². The molecule has 1 aliphatic heterocycles. The van der Waals surface area contributed by atoms with Crippen molar-refractivity contribution in [1.29, 1.82) is 0 Å². The number of nitrogens with zero attached hydrogens (tertiary/aromatic N) is 1. The Balaban J connectivity index is 1.65. The fourth-order valence-electron chi connectivity index (χ4n) is 3.07. The van der Waals surface area contributed by atoms with Gasteiger partial charge in [-0.05, 0) is 41.3 Å². The highest BCUT2D eigenvalue weighted by Gasteiger charge is 2.18. The van der Waals surface area contributed by atoms with Crippen molar-refractivity contribution in [3.8, 4) is 5.75 Å². The fourth-order valence-corrected chi connectivity index (χ4v) is 3.07. The molecule has 2 aromatic rings. The van der Waals surface area contributed by atoms with Crippen molar-refractivity contribution >= 4 is 22.9 Å². The van der Waals surface area contributed by atoms with Crippen LogP contribution in [0.15, 0.2) is 83.4 Å². The van der Waals surface area contributed by atoms with Crippen LogP contribution in [0, 0.1) is 0 Å². The molecule has 5 nitrogen and oxygen atoms in total. The lowest BCUT2D eigenvalue weighted by Crippen LogP contribution is -2.17. The van der Waals surface area contributed by atoms with E-state index < -0.39 is 5.97 Å². The standard InChI is InChI=1S/C22H18N2O3/c23-27-22(25)18-11-12-21-19(13-18)24-20(14-26-21)17-8-4-7-16(9-10-17)15-5-2-1-3-6-15/h1-7,9-13H,8,14,23H2. The molecule has 5 heteroatoms. The van der Waals surface area contributed by atoms with Crippen molar-refractivity contribution in [3.63, 3.8) is 0 Å². The Labute approximate surface area is 157 Å². The molecule has 27 heavy (non-hydrogen) atoms. The average molecular weight is 358 g/mol. The van der Waals surface area contributed by atoms with E-state index in [1.165, 1.54) is 5.56 Å². The molecule has 134 valence electrons. The van der Waals surface area contributed by atoms with Crippen molar-refractivity contribution < 1.29 is 14.4 Å². The molecule has 4 rings (SSSR count). The lowest BCUT2D eigenvalue weighted by Gasteiger charge is -2.18. The fraction of sp³-hybridized carbons (Fsp3) is 0.0909. The van der Waals surface area contributed by atoms with Gasteiger partial charge in [0.2, 0.25) is 0 Å². The molecule has 1 aliphatic carbocycles. The summed E-state index contributed by atoms with van der Waals surface area (Å²) in [6.45, 7) is 0.391. The van der Waals surface area contributed by atoms with Gasteiger partial charge in [0.05, 0.1) is 11.3 Å². The number of hydrogen-bond acceptors (Lipinski definition) is 5. The van der Waals surface area contributed by atoms with Gasteiger partial charge in [-0.15, -0.1) is 0 Å². The molecule has 0 atom stereocenters. The first-order valence-electron chi connectivity index (χ1n) is 8.63. The third-order valence-electron chi connectivity index (χ3n) is 4.50. The summed E-state index contributed by atoms with van der Waals surface area (Å²) < 4.78 is 5.81. The molecule has 0 fully saturated rings. The van der Waals surface area contributed by atoms with Gasteiger partial charge in [0.25, 0.3) is 0 Å². The van der Waals surface area contributed by atoms with Crippen LogP contribution in [0.1, 0.15) is 22.3 Å². The topological polar surface area (TPSA) is 73.9 Å². The van der Waals surface area contributed by atoms with Crippen LogP contribution in [0.4, 0.5) is 5.69 Å². The first-order valence-corrected chi connectivity index (χ1v) is 8.63. The number of aliphatic imine (C=N–C) groups is 1. The highest BCUT2D eigenvalue weighted by atomic mass is 16.7. The normalized spacial score (nSPS) is 15.5. The first-order chi connectivity index (χ1) is 13.2. The van der Waals surface area contributed by atoms with Gasteiger partial charge in [-0.3, -0.25) is 0 Å². The number of rotatable bonds is 3. The highest BCUT2D eigenvalue weighted by Crippen LogP contribution is 2.33. The number of benzene rings is 2. The number of allylic oxidation sites excluding steroid dienone is 5. The van der Waals surface area contributed by atoms with Gasteiger partial charge in [0.1, 0.15) is 18.0 Å². The van der Waals surface area contributed by atoms with Crippen LogP contribution < -0.4 is 10.6 Å². The Morgan fingerprint density at radius 2 is 1.96 bits per heavy atom. The van der Waals surface area contributed by atoms with Crippen molar-refractivity contribution in [3.05, 3.63) is 89.5 Å². The molecule has 0 aromatic heterocycles. The number of carbonyl (C=O) groups excluding carboxylic acids is 1. The van der Waals surface area contributed by atoms with E-state index in [9.17, 15) is 4.79 Å². The predicted octanol–water partition coefficient (Wildman–Crippen LogP) is 4.15. The lowest BCUT2D eigenvalue weighted by atomic mass is 10.1. The molecular weight excluding hydrogens is 340 g/mol. The predicted molar refractivity (Wildman–Crippen MR) is 105 cm³/mol. The van der Waals surface area contributed by atoms with Gasteiger partial charge in [0.15, 0.2) is 0 Å². The van der Waals surface area contributed by atoms with E-state index in [1.807, 2.05) is 18.2 Å². The minimum Gasteiger partial charge on any atom is -0.485 e. The van der Waals surface area contributed by atoms with Crippen LogP contribution in [-0.2, 0) is 4.84 Å². The maximum Gasteiger partial charge on any atom is 0.356 e. The van der Waals surface area contributed by atoms with Crippen molar-refractivity contribution in [2.24, 2.45) is 10.9 Å². The molecule has 0 saturated heterocycles. The van der Waals surface area contributed by atoms with Gasteiger partial charge in [-0.2, -0.15) is 5.90 Å². The minimum atomic E-state index is -0.604. The highest BCUT2D eigenvalue weighted by molar-refractivity contribution is 6.05. The third kappa shape index (κ3) is 3.59. The zero-order chi connectivity index (χ0) is 18.6. The van der Waals surface area contributed by atoms with E-state index in [2.05, 4.69) is 41.3 Å². The summed E-state index contributed by atoms with van der Waals surface area (Å²) in [5.41, 5.74) is 5.18.